The van der Waals surface area contributed by atoms with Gasteiger partial charge in [-0.3, -0.25) is 0 Å². The van der Waals surface area contributed by atoms with E-state index in [1.54, 1.807) is 11.3 Å². The summed E-state index contributed by atoms with van der Waals surface area (Å²) < 4.78 is 1.16. The molecule has 1 unspecified atom stereocenters. The number of aryl methyl sites for hydroxylation is 1. The Hall–Kier alpha value is -0.800. The van der Waals surface area contributed by atoms with E-state index in [1.807, 2.05) is 0 Å². The Balaban J connectivity index is 2.09. The first-order valence-electron chi connectivity index (χ1n) is 5.78. The standard InChI is InChI=1S/C14H16BrNS/c1-3-11-5-4-6-13(7-11)16-10(2)14-8-12(15)9-17-14/h4-10,16H,3H2,1-2H3. The van der Waals surface area contributed by atoms with Gasteiger partial charge in [0, 0.05) is 20.4 Å². The predicted octanol–water partition coefficient (Wildman–Crippen LogP) is 5.25. The Morgan fingerprint density at radius 2 is 2.18 bits per heavy atom. The number of anilines is 1. The van der Waals surface area contributed by atoms with Crippen molar-refractivity contribution in [3.05, 3.63) is 50.6 Å². The van der Waals surface area contributed by atoms with Crippen LogP contribution >= 0.6 is 27.3 Å². The molecule has 1 nitrogen and oxygen atoms in total. The zero-order chi connectivity index (χ0) is 12.3. The number of thiophene rings is 1. The maximum atomic E-state index is 3.54. The van der Waals surface area contributed by atoms with Crippen LogP contribution in [0.1, 0.15) is 30.3 Å². The topological polar surface area (TPSA) is 12.0 Å². The average molecular weight is 310 g/mol. The van der Waals surface area contributed by atoms with E-state index in [9.17, 15) is 0 Å². The van der Waals surface area contributed by atoms with Crippen molar-refractivity contribution in [2.24, 2.45) is 0 Å². The van der Waals surface area contributed by atoms with E-state index in [1.165, 1.54) is 16.1 Å². The molecule has 17 heavy (non-hydrogen) atoms. The van der Waals surface area contributed by atoms with Crippen molar-refractivity contribution in [3.8, 4) is 0 Å². The van der Waals surface area contributed by atoms with E-state index in [0.29, 0.717) is 6.04 Å². The molecule has 0 bridgehead atoms. The maximum absolute atomic E-state index is 3.54. The molecule has 0 fully saturated rings. The quantitative estimate of drug-likeness (QED) is 0.813. The smallest absolute Gasteiger partial charge is 0.0578 e. The molecule has 1 N–H and O–H groups in total. The number of benzene rings is 1. The first kappa shape index (κ1) is 12.7. The third-order valence-corrected chi connectivity index (χ3v) is 4.61. The van der Waals surface area contributed by atoms with Crippen LogP contribution in [0.25, 0.3) is 0 Å². The highest BCUT2D eigenvalue weighted by Gasteiger charge is 2.07. The summed E-state index contributed by atoms with van der Waals surface area (Å²) in [7, 11) is 0. The lowest BCUT2D eigenvalue weighted by Gasteiger charge is -2.14. The minimum absolute atomic E-state index is 0.346. The second-order valence-electron chi connectivity index (χ2n) is 4.09. The molecular formula is C14H16BrNS. The van der Waals surface area contributed by atoms with Crippen LogP contribution in [0, 0.1) is 0 Å². The SMILES string of the molecule is CCc1cccc(NC(C)c2cc(Br)cs2)c1. The molecule has 1 heterocycles. The summed E-state index contributed by atoms with van der Waals surface area (Å²) in [6, 6.07) is 11.1. The van der Waals surface area contributed by atoms with Crippen LogP contribution in [-0.2, 0) is 6.42 Å². The lowest BCUT2D eigenvalue weighted by Crippen LogP contribution is -2.04. The summed E-state index contributed by atoms with van der Waals surface area (Å²) in [5, 5.41) is 5.66. The van der Waals surface area contributed by atoms with Gasteiger partial charge in [-0.15, -0.1) is 11.3 Å². The third kappa shape index (κ3) is 3.33. The molecule has 0 aliphatic carbocycles. The van der Waals surface area contributed by atoms with E-state index in [4.69, 9.17) is 0 Å². The van der Waals surface area contributed by atoms with Gasteiger partial charge in [-0.25, -0.2) is 0 Å². The van der Waals surface area contributed by atoms with Crippen molar-refractivity contribution in [2.75, 3.05) is 5.32 Å². The van der Waals surface area contributed by atoms with Crippen LogP contribution < -0.4 is 5.32 Å². The lowest BCUT2D eigenvalue weighted by atomic mass is 10.1. The zero-order valence-corrected chi connectivity index (χ0v) is 12.4. The fourth-order valence-corrected chi connectivity index (χ4v) is 3.21. The molecule has 0 aliphatic rings. The largest absolute Gasteiger partial charge is 0.378 e. The van der Waals surface area contributed by atoms with Gasteiger partial charge in [0.15, 0.2) is 0 Å². The van der Waals surface area contributed by atoms with Gasteiger partial charge in [0.25, 0.3) is 0 Å². The average Bonchev–Trinajstić information content (AvgIpc) is 2.76. The van der Waals surface area contributed by atoms with Crippen molar-refractivity contribution in [3.63, 3.8) is 0 Å². The number of hydrogen-bond donors (Lipinski definition) is 1. The molecule has 0 aliphatic heterocycles. The van der Waals surface area contributed by atoms with Crippen molar-refractivity contribution in [1.82, 2.24) is 0 Å². The second-order valence-corrected chi connectivity index (χ2v) is 5.95. The van der Waals surface area contributed by atoms with Crippen LogP contribution in [-0.4, -0.2) is 0 Å². The summed E-state index contributed by atoms with van der Waals surface area (Å²) in [6.45, 7) is 4.37. The van der Waals surface area contributed by atoms with Crippen molar-refractivity contribution in [2.45, 2.75) is 26.3 Å². The molecule has 0 spiro atoms. The Labute approximate surface area is 115 Å². The molecule has 2 aromatic rings. The fraction of sp³-hybridized carbons (Fsp3) is 0.286. The first-order chi connectivity index (χ1) is 8.19. The molecule has 0 amide bonds. The van der Waals surface area contributed by atoms with Crippen molar-refractivity contribution >= 4 is 33.0 Å². The molecule has 1 aromatic carbocycles. The van der Waals surface area contributed by atoms with E-state index in [0.717, 1.165) is 10.9 Å². The summed E-state index contributed by atoms with van der Waals surface area (Å²) in [6.07, 6.45) is 1.08. The van der Waals surface area contributed by atoms with Gasteiger partial charge in [-0.2, -0.15) is 0 Å². The van der Waals surface area contributed by atoms with E-state index in [-0.39, 0.29) is 0 Å². The molecule has 3 heteroatoms. The first-order valence-corrected chi connectivity index (χ1v) is 7.45. The zero-order valence-electron chi connectivity index (χ0n) is 10.0. The van der Waals surface area contributed by atoms with Crippen LogP contribution in [0.5, 0.6) is 0 Å². The summed E-state index contributed by atoms with van der Waals surface area (Å²) >= 11 is 5.27. The van der Waals surface area contributed by atoms with Crippen molar-refractivity contribution < 1.29 is 0 Å². The highest BCUT2D eigenvalue weighted by molar-refractivity contribution is 9.10. The Bertz CT molecular complexity index is 492. The molecule has 0 radical (unpaired) electrons. The minimum Gasteiger partial charge on any atom is -0.378 e. The second kappa shape index (κ2) is 5.69. The van der Waals surface area contributed by atoms with Crippen LogP contribution in [0.4, 0.5) is 5.69 Å². The summed E-state index contributed by atoms with van der Waals surface area (Å²) in [5.41, 5.74) is 2.57. The number of halogens is 1. The number of hydrogen-bond acceptors (Lipinski definition) is 2. The van der Waals surface area contributed by atoms with Gasteiger partial charge in [0.2, 0.25) is 0 Å². The highest BCUT2D eigenvalue weighted by atomic mass is 79.9. The minimum atomic E-state index is 0.346. The molecule has 90 valence electrons. The van der Waals surface area contributed by atoms with E-state index < -0.39 is 0 Å². The van der Waals surface area contributed by atoms with Crippen LogP contribution in [0.15, 0.2) is 40.2 Å². The van der Waals surface area contributed by atoms with E-state index >= 15 is 0 Å². The van der Waals surface area contributed by atoms with Gasteiger partial charge in [-0.05, 0) is 53.0 Å². The van der Waals surface area contributed by atoms with Gasteiger partial charge in [0.05, 0.1) is 6.04 Å². The fourth-order valence-electron chi connectivity index (χ4n) is 1.76. The van der Waals surface area contributed by atoms with Crippen LogP contribution in [0.3, 0.4) is 0 Å². The molecule has 2 rings (SSSR count). The maximum Gasteiger partial charge on any atom is 0.0578 e. The Morgan fingerprint density at radius 3 is 2.82 bits per heavy atom. The highest BCUT2D eigenvalue weighted by Crippen LogP contribution is 2.28. The molecule has 1 atom stereocenters. The summed E-state index contributed by atoms with van der Waals surface area (Å²) in [4.78, 5) is 1.35. The van der Waals surface area contributed by atoms with Crippen LogP contribution in [0.2, 0.25) is 0 Å². The molecule has 0 saturated carbocycles. The van der Waals surface area contributed by atoms with Gasteiger partial charge in [-0.1, -0.05) is 19.1 Å². The molecular weight excluding hydrogens is 294 g/mol. The van der Waals surface area contributed by atoms with Gasteiger partial charge in [0.1, 0.15) is 0 Å². The molecule has 0 saturated heterocycles. The monoisotopic (exact) mass is 309 g/mol. The van der Waals surface area contributed by atoms with E-state index in [2.05, 4.69) is 70.8 Å². The van der Waals surface area contributed by atoms with Gasteiger partial charge < -0.3 is 5.32 Å². The predicted molar refractivity (Wildman–Crippen MR) is 79.9 cm³/mol. The van der Waals surface area contributed by atoms with Crippen molar-refractivity contribution in [1.29, 1.82) is 0 Å². The Kier molecular flexibility index (Phi) is 4.24. The summed E-state index contributed by atoms with van der Waals surface area (Å²) in [5.74, 6) is 0. The number of rotatable bonds is 4. The molecule has 1 aromatic heterocycles. The normalized spacial score (nSPS) is 12.4. The number of nitrogens with one attached hydrogen (secondary N) is 1. The van der Waals surface area contributed by atoms with Gasteiger partial charge >= 0.3 is 0 Å². The lowest BCUT2D eigenvalue weighted by molar-refractivity contribution is 0.906. The Morgan fingerprint density at radius 1 is 1.35 bits per heavy atom. The third-order valence-electron chi connectivity index (χ3n) is 2.73.